The molecule has 26 heavy (non-hydrogen) atoms. The Balaban J connectivity index is 1.39. The Hall–Kier alpha value is -1.50. The van der Waals surface area contributed by atoms with Crippen molar-refractivity contribution < 1.29 is 14.3 Å². The molecule has 0 spiro atoms. The first kappa shape index (κ1) is 17.9. The molecule has 1 amide bonds. The van der Waals surface area contributed by atoms with E-state index in [0.717, 1.165) is 64.4 Å². The Morgan fingerprint density at radius 3 is 2.77 bits per heavy atom. The molecule has 3 fully saturated rings. The Kier molecular flexibility index (Phi) is 5.52. The minimum atomic E-state index is 0.0290. The van der Waals surface area contributed by atoms with E-state index in [1.165, 1.54) is 0 Å². The summed E-state index contributed by atoms with van der Waals surface area (Å²) in [6, 6.07) is 6.25. The van der Waals surface area contributed by atoms with Crippen molar-refractivity contribution in [2.24, 2.45) is 5.92 Å². The molecule has 1 aromatic rings. The number of hydrogen-bond acceptors (Lipinski definition) is 5. The van der Waals surface area contributed by atoms with Gasteiger partial charge in [-0.1, -0.05) is 6.07 Å². The van der Waals surface area contributed by atoms with Gasteiger partial charge in [0.2, 0.25) is 0 Å². The van der Waals surface area contributed by atoms with E-state index in [1.807, 2.05) is 30.0 Å². The average molecular weight is 359 g/mol. The number of likely N-dealkylation sites (tertiary alicyclic amines) is 1. The summed E-state index contributed by atoms with van der Waals surface area (Å²) >= 11 is 0. The minimum absolute atomic E-state index is 0.0290. The van der Waals surface area contributed by atoms with Crippen LogP contribution in [0.4, 0.5) is 0 Å². The maximum absolute atomic E-state index is 12.8. The normalized spacial score (nSPS) is 28.4. The number of pyridine rings is 1. The molecular formula is C20H29N3O3. The Morgan fingerprint density at radius 1 is 1.12 bits per heavy atom. The summed E-state index contributed by atoms with van der Waals surface area (Å²) in [6.07, 6.45) is 3.40. The van der Waals surface area contributed by atoms with E-state index in [1.54, 1.807) is 0 Å². The second kappa shape index (κ2) is 8.03. The summed E-state index contributed by atoms with van der Waals surface area (Å²) < 4.78 is 11.7. The molecule has 6 heteroatoms. The topological polar surface area (TPSA) is 54.9 Å². The Morgan fingerprint density at radius 2 is 1.96 bits per heavy atom. The SMILES string of the molecule is Cc1cccc(C(=O)N2CC[C@H]3CN(C4CCOCC4)CCO[C@H]3C2)n1. The van der Waals surface area contributed by atoms with Gasteiger partial charge in [0.25, 0.3) is 5.91 Å². The molecule has 0 aliphatic carbocycles. The van der Waals surface area contributed by atoms with Crippen LogP contribution in [0, 0.1) is 12.8 Å². The molecule has 1 aromatic heterocycles. The van der Waals surface area contributed by atoms with Crippen LogP contribution >= 0.6 is 0 Å². The van der Waals surface area contributed by atoms with Gasteiger partial charge in [0, 0.05) is 57.0 Å². The van der Waals surface area contributed by atoms with Gasteiger partial charge in [0.05, 0.1) is 12.7 Å². The second-order valence-electron chi connectivity index (χ2n) is 7.71. The molecule has 2 atom stereocenters. The lowest BCUT2D eigenvalue weighted by Crippen LogP contribution is -2.50. The number of nitrogens with zero attached hydrogens (tertiary/aromatic N) is 3. The van der Waals surface area contributed by atoms with Crippen molar-refractivity contribution in [3.8, 4) is 0 Å². The molecular weight excluding hydrogens is 330 g/mol. The van der Waals surface area contributed by atoms with Crippen molar-refractivity contribution in [1.82, 2.24) is 14.8 Å². The van der Waals surface area contributed by atoms with Crippen LogP contribution in [0.15, 0.2) is 18.2 Å². The van der Waals surface area contributed by atoms with E-state index >= 15 is 0 Å². The molecule has 0 N–H and O–H groups in total. The summed E-state index contributed by atoms with van der Waals surface area (Å²) in [5.41, 5.74) is 1.42. The zero-order valence-corrected chi connectivity index (χ0v) is 15.6. The first-order valence-electron chi connectivity index (χ1n) is 9.87. The van der Waals surface area contributed by atoms with Crippen LogP contribution in [0.5, 0.6) is 0 Å². The van der Waals surface area contributed by atoms with Crippen molar-refractivity contribution in [3.05, 3.63) is 29.6 Å². The van der Waals surface area contributed by atoms with E-state index < -0.39 is 0 Å². The predicted octanol–water partition coefficient (Wildman–Crippen LogP) is 1.73. The van der Waals surface area contributed by atoms with Crippen molar-refractivity contribution >= 4 is 5.91 Å². The highest BCUT2D eigenvalue weighted by Gasteiger charge is 2.37. The van der Waals surface area contributed by atoms with Crippen LogP contribution in [0.25, 0.3) is 0 Å². The quantitative estimate of drug-likeness (QED) is 0.805. The highest BCUT2D eigenvalue weighted by atomic mass is 16.5. The smallest absolute Gasteiger partial charge is 0.272 e. The van der Waals surface area contributed by atoms with Gasteiger partial charge in [-0.05, 0) is 38.3 Å². The summed E-state index contributed by atoms with van der Waals surface area (Å²) in [6.45, 7) is 7.97. The molecule has 3 aliphatic heterocycles. The van der Waals surface area contributed by atoms with Gasteiger partial charge in [0.15, 0.2) is 0 Å². The minimum Gasteiger partial charge on any atom is -0.381 e. The van der Waals surface area contributed by atoms with E-state index in [0.29, 0.717) is 24.2 Å². The van der Waals surface area contributed by atoms with Crippen LogP contribution in [0.2, 0.25) is 0 Å². The molecule has 0 saturated carbocycles. The maximum Gasteiger partial charge on any atom is 0.272 e. The molecule has 0 bridgehead atoms. The Labute approximate surface area is 155 Å². The van der Waals surface area contributed by atoms with Crippen LogP contribution in [-0.2, 0) is 9.47 Å². The zero-order valence-electron chi connectivity index (χ0n) is 15.6. The highest BCUT2D eigenvalue weighted by molar-refractivity contribution is 5.92. The summed E-state index contributed by atoms with van der Waals surface area (Å²) in [4.78, 5) is 21.7. The number of rotatable bonds is 2. The number of fused-ring (bicyclic) bond motifs is 1. The van der Waals surface area contributed by atoms with E-state index in [2.05, 4.69) is 9.88 Å². The van der Waals surface area contributed by atoms with E-state index in [4.69, 9.17) is 9.47 Å². The maximum atomic E-state index is 12.8. The predicted molar refractivity (Wildman–Crippen MR) is 98.1 cm³/mol. The van der Waals surface area contributed by atoms with Crippen LogP contribution < -0.4 is 0 Å². The average Bonchev–Trinajstić information content (AvgIpc) is 2.90. The lowest BCUT2D eigenvalue weighted by molar-refractivity contribution is -0.0175. The third-order valence-corrected chi connectivity index (χ3v) is 5.98. The van der Waals surface area contributed by atoms with Gasteiger partial charge in [-0.2, -0.15) is 0 Å². The highest BCUT2D eigenvalue weighted by Crippen LogP contribution is 2.27. The molecule has 4 heterocycles. The number of ether oxygens (including phenoxy) is 2. The molecule has 6 nitrogen and oxygen atoms in total. The van der Waals surface area contributed by atoms with Crippen LogP contribution in [0.3, 0.4) is 0 Å². The summed E-state index contributed by atoms with van der Waals surface area (Å²) in [5.74, 6) is 0.538. The van der Waals surface area contributed by atoms with Crippen molar-refractivity contribution in [1.29, 1.82) is 0 Å². The fourth-order valence-electron chi connectivity index (χ4n) is 4.47. The molecule has 4 rings (SSSR count). The van der Waals surface area contributed by atoms with Gasteiger partial charge >= 0.3 is 0 Å². The summed E-state index contributed by atoms with van der Waals surface area (Å²) in [5, 5.41) is 0. The monoisotopic (exact) mass is 359 g/mol. The number of hydrogen-bond donors (Lipinski definition) is 0. The number of aromatic nitrogens is 1. The van der Waals surface area contributed by atoms with E-state index in [9.17, 15) is 4.79 Å². The first-order valence-corrected chi connectivity index (χ1v) is 9.87. The lowest BCUT2D eigenvalue weighted by Gasteiger charge is -2.39. The van der Waals surface area contributed by atoms with Crippen molar-refractivity contribution in [3.63, 3.8) is 0 Å². The number of piperidine rings is 1. The first-order chi connectivity index (χ1) is 12.7. The second-order valence-corrected chi connectivity index (χ2v) is 7.71. The zero-order chi connectivity index (χ0) is 17.9. The van der Waals surface area contributed by atoms with Crippen molar-refractivity contribution in [2.45, 2.75) is 38.3 Å². The number of amides is 1. The fraction of sp³-hybridized carbons (Fsp3) is 0.700. The van der Waals surface area contributed by atoms with Gasteiger partial charge in [-0.15, -0.1) is 0 Å². The largest absolute Gasteiger partial charge is 0.381 e. The van der Waals surface area contributed by atoms with Gasteiger partial charge < -0.3 is 14.4 Å². The van der Waals surface area contributed by atoms with Crippen molar-refractivity contribution in [2.75, 3.05) is 46.0 Å². The van der Waals surface area contributed by atoms with Gasteiger partial charge in [0.1, 0.15) is 5.69 Å². The van der Waals surface area contributed by atoms with Gasteiger partial charge in [-0.3, -0.25) is 9.69 Å². The third kappa shape index (κ3) is 3.92. The fourth-order valence-corrected chi connectivity index (χ4v) is 4.47. The summed E-state index contributed by atoms with van der Waals surface area (Å²) in [7, 11) is 0. The van der Waals surface area contributed by atoms with Crippen LogP contribution in [0.1, 0.15) is 35.4 Å². The third-order valence-electron chi connectivity index (χ3n) is 5.98. The van der Waals surface area contributed by atoms with Crippen LogP contribution in [-0.4, -0.2) is 78.8 Å². The molecule has 3 saturated heterocycles. The number of carbonyl (C=O) groups is 1. The lowest BCUT2D eigenvalue weighted by atomic mass is 9.92. The standard InChI is InChI=1S/C20H29N3O3/c1-15-3-2-4-18(21-15)20(24)23-8-5-16-13-22(9-12-26-19(16)14-23)17-6-10-25-11-7-17/h2-4,16-17,19H,5-14H2,1H3/t16-,19-/m0/s1. The molecule has 142 valence electrons. The molecule has 0 unspecified atom stereocenters. The Bertz CT molecular complexity index is 632. The van der Waals surface area contributed by atoms with Gasteiger partial charge in [-0.25, -0.2) is 4.98 Å². The number of carbonyl (C=O) groups excluding carboxylic acids is 1. The van der Waals surface area contributed by atoms with E-state index in [-0.39, 0.29) is 12.0 Å². The molecule has 3 aliphatic rings. The molecule has 0 aromatic carbocycles. The molecule has 0 radical (unpaired) electrons. The number of aryl methyl sites for hydroxylation is 1.